The van der Waals surface area contributed by atoms with E-state index in [0.29, 0.717) is 0 Å². The van der Waals surface area contributed by atoms with Gasteiger partial charge in [0, 0.05) is 21.1 Å². The molecule has 5 heteroatoms. The Balaban J connectivity index is 5.20. The van der Waals surface area contributed by atoms with Crippen LogP contribution in [0.4, 0.5) is 0 Å². The molecule has 0 aliphatic heterocycles. The molecule has 332 valence electrons. The molecule has 55 heavy (non-hydrogen) atoms. The lowest BCUT2D eigenvalue weighted by molar-refractivity contribution is -0.250. The second-order valence-corrected chi connectivity index (χ2v) is 24.0. The quantitative estimate of drug-likeness (QED) is 0.0265. The SMILES string of the molecule is CCCCCCCOC(CCCC(C)CC(C)CC(C)CC(C)CC(C)I)OC(CCCC(C)CC(C)CC(C)CC(C)CC(C)I)OCCCCCCC. The van der Waals surface area contributed by atoms with E-state index in [1.54, 1.807) is 0 Å². The molecule has 0 heterocycles. The summed E-state index contributed by atoms with van der Waals surface area (Å²) in [5, 5.41) is 0. The van der Waals surface area contributed by atoms with Gasteiger partial charge in [-0.1, -0.05) is 192 Å². The molecule has 0 fully saturated rings. The van der Waals surface area contributed by atoms with Gasteiger partial charge in [-0.05, 0) is 137 Å². The van der Waals surface area contributed by atoms with E-state index in [9.17, 15) is 0 Å². The van der Waals surface area contributed by atoms with Crippen molar-refractivity contribution in [2.24, 2.45) is 47.3 Å². The van der Waals surface area contributed by atoms with Gasteiger partial charge in [0.25, 0.3) is 0 Å². The number of rotatable bonds is 40. The molecule has 0 radical (unpaired) electrons. The third kappa shape index (κ3) is 36.9. The van der Waals surface area contributed by atoms with Crippen LogP contribution in [-0.2, 0) is 14.2 Å². The molecule has 0 aliphatic rings. The van der Waals surface area contributed by atoms with Crippen molar-refractivity contribution in [3.05, 3.63) is 0 Å². The summed E-state index contributed by atoms with van der Waals surface area (Å²) >= 11 is 5.17. The third-order valence-electron chi connectivity index (χ3n) is 12.0. The predicted octanol–water partition coefficient (Wildman–Crippen LogP) is 17.8. The normalized spacial score (nSPS) is 18.9. The van der Waals surface area contributed by atoms with E-state index < -0.39 is 0 Å². The zero-order valence-electron chi connectivity index (χ0n) is 39.3. The average molecular weight is 1000 g/mol. The second-order valence-electron chi connectivity index (χ2n) is 19.7. The second kappa shape index (κ2) is 37.1. The highest BCUT2D eigenvalue weighted by Gasteiger charge is 2.21. The summed E-state index contributed by atoms with van der Waals surface area (Å²) in [4.78, 5) is 0. The maximum Gasteiger partial charge on any atom is 0.160 e. The Labute approximate surface area is 374 Å². The molecule has 0 aromatic rings. The van der Waals surface area contributed by atoms with Gasteiger partial charge in [0.15, 0.2) is 12.6 Å². The lowest BCUT2D eigenvalue weighted by Gasteiger charge is -2.27. The minimum Gasteiger partial charge on any atom is -0.353 e. The fraction of sp³-hybridized carbons (Fsp3) is 1.00. The minimum absolute atomic E-state index is 0.154. The van der Waals surface area contributed by atoms with Crippen molar-refractivity contribution in [3.8, 4) is 0 Å². The van der Waals surface area contributed by atoms with Gasteiger partial charge in [-0.2, -0.15) is 0 Å². The Morgan fingerprint density at radius 1 is 0.327 bits per heavy atom. The molecular formula is C50H100I2O3. The number of hydrogen-bond acceptors (Lipinski definition) is 3. The van der Waals surface area contributed by atoms with Crippen LogP contribution in [0.5, 0.6) is 0 Å². The van der Waals surface area contributed by atoms with Crippen molar-refractivity contribution in [1.82, 2.24) is 0 Å². The van der Waals surface area contributed by atoms with Crippen LogP contribution in [-0.4, -0.2) is 33.6 Å². The highest BCUT2D eigenvalue weighted by atomic mass is 127. The number of halogens is 2. The molecule has 0 bridgehead atoms. The first-order valence-corrected chi connectivity index (χ1v) is 26.8. The van der Waals surface area contributed by atoms with Crippen LogP contribution >= 0.6 is 45.2 Å². The van der Waals surface area contributed by atoms with Crippen LogP contribution in [0.1, 0.15) is 237 Å². The van der Waals surface area contributed by atoms with Crippen molar-refractivity contribution < 1.29 is 14.2 Å². The standard InChI is InChI=1S/C50H100I2O3/c1-13-15-17-19-21-29-53-49(27-23-25-39(3)31-41(5)33-43(7)35-45(9)37-47(11)51)55-50(54-30-22-20-18-16-14-2)28-24-26-40(4)32-42(6)34-44(8)36-46(10)38-48(12)52/h39-50H,13-38H2,1-12H3. The van der Waals surface area contributed by atoms with Crippen molar-refractivity contribution in [1.29, 1.82) is 0 Å². The number of ether oxygens (including phenoxy) is 3. The summed E-state index contributed by atoms with van der Waals surface area (Å²) in [5.74, 6) is 6.39. The highest BCUT2D eigenvalue weighted by Crippen LogP contribution is 2.30. The van der Waals surface area contributed by atoms with Gasteiger partial charge in [0.05, 0.1) is 0 Å². The molecule has 0 aromatic heterocycles. The first-order valence-electron chi connectivity index (χ1n) is 24.3. The lowest BCUT2D eigenvalue weighted by atomic mass is 9.83. The van der Waals surface area contributed by atoms with Gasteiger partial charge < -0.3 is 14.2 Å². The summed E-state index contributed by atoms with van der Waals surface area (Å²) in [7, 11) is 0. The highest BCUT2D eigenvalue weighted by molar-refractivity contribution is 14.1. The molecule has 0 aliphatic carbocycles. The van der Waals surface area contributed by atoms with Gasteiger partial charge in [-0.15, -0.1) is 0 Å². The van der Waals surface area contributed by atoms with Crippen molar-refractivity contribution in [2.75, 3.05) is 13.2 Å². The van der Waals surface area contributed by atoms with Crippen LogP contribution in [0.15, 0.2) is 0 Å². The van der Waals surface area contributed by atoms with Crippen molar-refractivity contribution in [2.45, 2.75) is 258 Å². The Bertz CT molecular complexity index is 744. The molecule has 12 unspecified atom stereocenters. The Morgan fingerprint density at radius 3 is 0.927 bits per heavy atom. The monoisotopic (exact) mass is 1000 g/mol. The molecule has 0 saturated carbocycles. The summed E-state index contributed by atoms with van der Waals surface area (Å²) in [6, 6.07) is 0. The molecule has 0 spiro atoms. The van der Waals surface area contributed by atoms with Gasteiger partial charge in [0.1, 0.15) is 0 Å². The van der Waals surface area contributed by atoms with Crippen LogP contribution < -0.4 is 0 Å². The maximum absolute atomic E-state index is 6.82. The zero-order valence-corrected chi connectivity index (χ0v) is 43.6. The van der Waals surface area contributed by atoms with Crippen LogP contribution in [0.25, 0.3) is 0 Å². The molecule has 3 nitrogen and oxygen atoms in total. The third-order valence-corrected chi connectivity index (χ3v) is 13.0. The summed E-state index contributed by atoms with van der Waals surface area (Å²) in [6.45, 7) is 30.7. The molecular weight excluding hydrogens is 902 g/mol. The maximum atomic E-state index is 6.82. The molecule has 0 saturated heterocycles. The largest absolute Gasteiger partial charge is 0.353 e. The topological polar surface area (TPSA) is 27.7 Å². The fourth-order valence-electron chi connectivity index (χ4n) is 9.70. The number of alkyl halides is 2. The molecule has 0 N–H and O–H groups in total. The van der Waals surface area contributed by atoms with Gasteiger partial charge in [0.2, 0.25) is 0 Å². The average Bonchev–Trinajstić information content (AvgIpc) is 3.06. The summed E-state index contributed by atoms with van der Waals surface area (Å²) < 4.78 is 21.5. The van der Waals surface area contributed by atoms with Crippen LogP contribution in [0.3, 0.4) is 0 Å². The zero-order chi connectivity index (χ0) is 41.4. The van der Waals surface area contributed by atoms with E-state index in [0.717, 1.165) is 94.1 Å². The molecule has 0 amide bonds. The first-order chi connectivity index (χ1) is 26.1. The molecule has 0 rings (SSSR count). The van der Waals surface area contributed by atoms with E-state index in [-0.39, 0.29) is 12.6 Å². The van der Waals surface area contributed by atoms with Crippen LogP contribution in [0.2, 0.25) is 0 Å². The number of hydrogen-bond donors (Lipinski definition) is 0. The summed E-state index contributed by atoms with van der Waals surface area (Å²) in [6.07, 6.45) is 30.0. The minimum atomic E-state index is -0.154. The van der Waals surface area contributed by atoms with E-state index in [4.69, 9.17) is 14.2 Å². The van der Waals surface area contributed by atoms with Crippen molar-refractivity contribution in [3.63, 3.8) is 0 Å². The van der Waals surface area contributed by atoms with E-state index >= 15 is 0 Å². The van der Waals surface area contributed by atoms with Crippen molar-refractivity contribution >= 4 is 45.2 Å². The fourth-order valence-corrected chi connectivity index (χ4v) is 11.4. The van der Waals surface area contributed by atoms with Gasteiger partial charge >= 0.3 is 0 Å². The van der Waals surface area contributed by atoms with E-state index in [1.165, 1.54) is 128 Å². The van der Waals surface area contributed by atoms with Crippen LogP contribution in [0, 0.1) is 47.3 Å². The first kappa shape index (κ1) is 56.3. The molecule has 12 atom stereocenters. The van der Waals surface area contributed by atoms with E-state index in [2.05, 4.69) is 128 Å². The predicted molar refractivity (Wildman–Crippen MR) is 263 cm³/mol. The number of unbranched alkanes of at least 4 members (excludes halogenated alkanes) is 8. The van der Waals surface area contributed by atoms with Gasteiger partial charge in [-0.25, -0.2) is 0 Å². The molecule has 0 aromatic carbocycles. The summed E-state index contributed by atoms with van der Waals surface area (Å²) in [5.41, 5.74) is 0. The Hall–Kier alpha value is 1.34. The Morgan fingerprint density at radius 2 is 0.618 bits per heavy atom. The van der Waals surface area contributed by atoms with Gasteiger partial charge in [-0.3, -0.25) is 0 Å². The smallest absolute Gasteiger partial charge is 0.160 e. The lowest BCUT2D eigenvalue weighted by Crippen LogP contribution is -2.28. The van der Waals surface area contributed by atoms with E-state index in [1.807, 2.05) is 0 Å². The Kier molecular flexibility index (Phi) is 38.0.